The van der Waals surface area contributed by atoms with Gasteiger partial charge >= 0.3 is 0 Å². The summed E-state index contributed by atoms with van der Waals surface area (Å²) in [6.45, 7) is 4.40. The Labute approximate surface area is 156 Å². The van der Waals surface area contributed by atoms with Gasteiger partial charge in [-0.05, 0) is 36.1 Å². The Hall–Kier alpha value is -2.05. The molecular weight excluding hydrogens is 358 g/mol. The average molecular weight is 378 g/mol. The van der Waals surface area contributed by atoms with Crippen LogP contribution in [0.2, 0.25) is 5.02 Å². The van der Waals surface area contributed by atoms with Gasteiger partial charge in [-0.1, -0.05) is 23.7 Å². The zero-order valence-electron chi connectivity index (χ0n) is 14.0. The van der Waals surface area contributed by atoms with Gasteiger partial charge in [0.2, 0.25) is 5.91 Å². The van der Waals surface area contributed by atoms with Crippen LogP contribution in [0.15, 0.2) is 35.7 Å². The highest BCUT2D eigenvalue weighted by Crippen LogP contribution is 2.22. The molecule has 2 heterocycles. The lowest BCUT2D eigenvalue weighted by atomic mass is 10.2. The molecular formula is C18H20ClN3O2S. The Morgan fingerprint density at radius 2 is 1.84 bits per heavy atom. The molecule has 0 saturated carbocycles. The van der Waals surface area contributed by atoms with Crippen LogP contribution >= 0.6 is 22.9 Å². The Kier molecular flexibility index (Phi) is 5.60. The SMILES string of the molecule is Cc1c(Cl)cccc1NCC(=O)N1CCN(C(=O)c2cccs2)CC1. The van der Waals surface area contributed by atoms with Crippen LogP contribution in [0.3, 0.4) is 0 Å². The van der Waals surface area contributed by atoms with Gasteiger partial charge in [0, 0.05) is 36.9 Å². The topological polar surface area (TPSA) is 52.7 Å². The van der Waals surface area contributed by atoms with Crippen LogP contribution in [0.5, 0.6) is 0 Å². The molecule has 0 bridgehead atoms. The normalized spacial score (nSPS) is 14.5. The lowest BCUT2D eigenvalue weighted by Gasteiger charge is -2.34. The summed E-state index contributed by atoms with van der Waals surface area (Å²) >= 11 is 7.54. The predicted octanol–water partition coefficient (Wildman–Crippen LogP) is 3.11. The fraction of sp³-hybridized carbons (Fsp3) is 0.333. The Morgan fingerprint density at radius 1 is 1.12 bits per heavy atom. The predicted molar refractivity (Wildman–Crippen MR) is 101 cm³/mol. The van der Waals surface area contributed by atoms with Crippen LogP contribution in [-0.2, 0) is 4.79 Å². The highest BCUT2D eigenvalue weighted by Gasteiger charge is 2.25. The number of nitrogens with zero attached hydrogens (tertiary/aromatic N) is 2. The maximum absolute atomic E-state index is 12.4. The summed E-state index contributed by atoms with van der Waals surface area (Å²) in [5.74, 6) is 0.0809. The summed E-state index contributed by atoms with van der Waals surface area (Å²) in [5.41, 5.74) is 1.80. The third kappa shape index (κ3) is 4.14. The molecule has 2 aromatic rings. The van der Waals surface area contributed by atoms with Gasteiger partial charge in [0.15, 0.2) is 0 Å². The number of piperazine rings is 1. The minimum atomic E-state index is 0.0302. The van der Waals surface area contributed by atoms with E-state index in [0.29, 0.717) is 31.2 Å². The van der Waals surface area contributed by atoms with Crippen molar-refractivity contribution in [3.63, 3.8) is 0 Å². The quantitative estimate of drug-likeness (QED) is 0.890. The van der Waals surface area contributed by atoms with Gasteiger partial charge in [-0.3, -0.25) is 9.59 Å². The molecule has 5 nitrogen and oxygen atoms in total. The second kappa shape index (κ2) is 7.89. The molecule has 2 amide bonds. The smallest absolute Gasteiger partial charge is 0.264 e. The van der Waals surface area contributed by atoms with E-state index in [1.165, 1.54) is 11.3 Å². The molecule has 1 aromatic carbocycles. The number of hydrogen-bond donors (Lipinski definition) is 1. The summed E-state index contributed by atoms with van der Waals surface area (Å²) in [7, 11) is 0. The van der Waals surface area contributed by atoms with E-state index in [-0.39, 0.29) is 18.4 Å². The van der Waals surface area contributed by atoms with Gasteiger partial charge in [-0.2, -0.15) is 0 Å². The first-order chi connectivity index (χ1) is 12.1. The highest BCUT2D eigenvalue weighted by molar-refractivity contribution is 7.12. The fourth-order valence-electron chi connectivity index (χ4n) is 2.80. The molecule has 3 rings (SSSR count). The summed E-state index contributed by atoms with van der Waals surface area (Å²) in [6, 6.07) is 9.31. The van der Waals surface area contributed by atoms with Crippen molar-refractivity contribution in [3.05, 3.63) is 51.2 Å². The molecule has 1 saturated heterocycles. The van der Waals surface area contributed by atoms with Crippen LogP contribution in [0.25, 0.3) is 0 Å². The minimum Gasteiger partial charge on any atom is -0.376 e. The molecule has 1 aliphatic heterocycles. The zero-order chi connectivity index (χ0) is 17.8. The van der Waals surface area contributed by atoms with Gasteiger partial charge in [0.1, 0.15) is 0 Å². The Balaban J connectivity index is 1.50. The number of rotatable bonds is 4. The largest absolute Gasteiger partial charge is 0.376 e. The fourth-order valence-corrected chi connectivity index (χ4v) is 3.66. The monoisotopic (exact) mass is 377 g/mol. The first kappa shape index (κ1) is 17.8. The summed E-state index contributed by atoms with van der Waals surface area (Å²) < 4.78 is 0. The third-order valence-electron chi connectivity index (χ3n) is 4.35. The number of carbonyl (C=O) groups excluding carboxylic acids is 2. The Bertz CT molecular complexity index is 756. The number of hydrogen-bond acceptors (Lipinski definition) is 4. The maximum Gasteiger partial charge on any atom is 0.264 e. The second-order valence-corrected chi connectivity index (χ2v) is 7.27. The number of thiophene rings is 1. The van der Waals surface area contributed by atoms with E-state index in [1.54, 1.807) is 4.90 Å². The van der Waals surface area contributed by atoms with E-state index >= 15 is 0 Å². The van der Waals surface area contributed by atoms with Crippen molar-refractivity contribution in [2.24, 2.45) is 0 Å². The minimum absolute atomic E-state index is 0.0302. The molecule has 1 N–H and O–H groups in total. The van der Waals surface area contributed by atoms with Crippen molar-refractivity contribution in [2.45, 2.75) is 6.92 Å². The molecule has 1 aliphatic rings. The van der Waals surface area contributed by atoms with Gasteiger partial charge in [-0.25, -0.2) is 0 Å². The molecule has 132 valence electrons. The van der Waals surface area contributed by atoms with Crippen LogP contribution in [0, 0.1) is 6.92 Å². The first-order valence-corrected chi connectivity index (χ1v) is 9.41. The van der Waals surface area contributed by atoms with E-state index in [0.717, 1.165) is 16.1 Å². The third-order valence-corrected chi connectivity index (χ3v) is 5.62. The standard InChI is InChI=1S/C18H20ClN3O2S/c1-13-14(19)4-2-5-15(13)20-12-17(23)21-7-9-22(10-8-21)18(24)16-6-3-11-25-16/h2-6,11,20H,7-10,12H2,1H3. The highest BCUT2D eigenvalue weighted by atomic mass is 35.5. The lowest BCUT2D eigenvalue weighted by molar-refractivity contribution is -0.130. The van der Waals surface area contributed by atoms with E-state index in [1.807, 2.05) is 47.5 Å². The number of benzene rings is 1. The molecule has 25 heavy (non-hydrogen) atoms. The molecule has 0 unspecified atom stereocenters. The van der Waals surface area contributed by atoms with Crippen molar-refractivity contribution in [1.82, 2.24) is 9.80 Å². The molecule has 0 aliphatic carbocycles. The number of nitrogens with one attached hydrogen (secondary N) is 1. The molecule has 0 atom stereocenters. The molecule has 0 radical (unpaired) electrons. The van der Waals surface area contributed by atoms with Crippen LogP contribution in [0.1, 0.15) is 15.2 Å². The summed E-state index contributed by atoms with van der Waals surface area (Å²) in [5, 5.41) is 5.73. The maximum atomic E-state index is 12.4. The molecule has 0 spiro atoms. The number of carbonyl (C=O) groups is 2. The Morgan fingerprint density at radius 3 is 2.52 bits per heavy atom. The summed E-state index contributed by atoms with van der Waals surface area (Å²) in [4.78, 5) is 29.1. The van der Waals surface area contributed by atoms with Gasteiger partial charge in [0.05, 0.1) is 11.4 Å². The van der Waals surface area contributed by atoms with Crippen molar-refractivity contribution in [1.29, 1.82) is 0 Å². The first-order valence-electron chi connectivity index (χ1n) is 8.16. The molecule has 1 fully saturated rings. The number of anilines is 1. The molecule has 1 aromatic heterocycles. The molecule has 7 heteroatoms. The summed E-state index contributed by atoms with van der Waals surface area (Å²) in [6.07, 6.45) is 0. The van der Waals surface area contributed by atoms with E-state index < -0.39 is 0 Å². The van der Waals surface area contributed by atoms with Gasteiger partial charge in [0.25, 0.3) is 5.91 Å². The van der Waals surface area contributed by atoms with E-state index in [2.05, 4.69) is 5.32 Å². The van der Waals surface area contributed by atoms with E-state index in [9.17, 15) is 9.59 Å². The van der Waals surface area contributed by atoms with E-state index in [4.69, 9.17) is 11.6 Å². The van der Waals surface area contributed by atoms with Crippen LogP contribution < -0.4 is 5.32 Å². The van der Waals surface area contributed by atoms with Crippen molar-refractivity contribution < 1.29 is 9.59 Å². The lowest BCUT2D eigenvalue weighted by Crippen LogP contribution is -2.51. The number of halogens is 1. The van der Waals surface area contributed by atoms with Crippen molar-refractivity contribution >= 4 is 40.4 Å². The second-order valence-electron chi connectivity index (χ2n) is 5.92. The van der Waals surface area contributed by atoms with Crippen molar-refractivity contribution in [3.8, 4) is 0 Å². The average Bonchev–Trinajstić information content (AvgIpc) is 3.17. The van der Waals surface area contributed by atoms with Gasteiger partial charge in [-0.15, -0.1) is 11.3 Å². The zero-order valence-corrected chi connectivity index (χ0v) is 15.6. The van der Waals surface area contributed by atoms with Crippen molar-refractivity contribution in [2.75, 3.05) is 38.0 Å². The van der Waals surface area contributed by atoms with Gasteiger partial charge < -0.3 is 15.1 Å². The van der Waals surface area contributed by atoms with Crippen LogP contribution in [0.4, 0.5) is 5.69 Å². The van der Waals surface area contributed by atoms with Crippen LogP contribution in [-0.4, -0.2) is 54.3 Å². The number of amides is 2.